The molecule has 3 heterocycles. The molecule has 0 unspecified atom stereocenters. The van der Waals surface area contributed by atoms with Crippen LogP contribution >= 0.6 is 0 Å². The Morgan fingerprint density at radius 2 is 1.85 bits per heavy atom. The highest BCUT2D eigenvalue weighted by atomic mass is 16.1. The number of fused-ring (bicyclic) bond motifs is 1. The molecule has 4 aromatic rings. The quantitative estimate of drug-likeness (QED) is 0.461. The van der Waals surface area contributed by atoms with Crippen LogP contribution < -0.4 is 5.56 Å². The van der Waals surface area contributed by atoms with Gasteiger partial charge in [0.2, 0.25) is 5.82 Å². The van der Waals surface area contributed by atoms with E-state index in [1.165, 1.54) is 5.70 Å². The van der Waals surface area contributed by atoms with Crippen molar-refractivity contribution in [3.63, 3.8) is 0 Å². The molecule has 2 aromatic heterocycles. The van der Waals surface area contributed by atoms with E-state index in [-0.39, 0.29) is 5.56 Å². The van der Waals surface area contributed by atoms with Crippen LogP contribution in [0.4, 0.5) is 0 Å². The van der Waals surface area contributed by atoms with Gasteiger partial charge in [-0.15, -0.1) is 10.2 Å². The average Bonchev–Trinajstić information content (AvgIpc) is 3.50. The Hall–Kier alpha value is -3.87. The van der Waals surface area contributed by atoms with Crippen LogP contribution in [0.15, 0.2) is 59.4 Å². The summed E-state index contributed by atoms with van der Waals surface area (Å²) in [7, 11) is 0. The van der Waals surface area contributed by atoms with Crippen LogP contribution in [0.2, 0.25) is 0 Å². The molecule has 0 aliphatic carbocycles. The molecule has 0 spiro atoms. The number of nitrogens with zero attached hydrogens (tertiary/aromatic N) is 5. The van der Waals surface area contributed by atoms with Crippen LogP contribution in [0.5, 0.6) is 0 Å². The number of tetrazole rings is 1. The summed E-state index contributed by atoms with van der Waals surface area (Å²) in [6.45, 7) is 4.27. The van der Waals surface area contributed by atoms with Gasteiger partial charge < -0.3 is 4.57 Å². The Balaban J connectivity index is 1.49. The Morgan fingerprint density at radius 1 is 1.06 bits per heavy atom. The van der Waals surface area contributed by atoms with E-state index >= 15 is 0 Å². The second kappa shape index (κ2) is 8.94. The molecule has 0 saturated heterocycles. The fraction of sp³-hybridized carbons (Fsp3) is 0.269. The zero-order valence-corrected chi connectivity index (χ0v) is 18.9. The van der Waals surface area contributed by atoms with Crippen LogP contribution in [0.3, 0.4) is 0 Å². The van der Waals surface area contributed by atoms with E-state index in [1.54, 1.807) is 0 Å². The summed E-state index contributed by atoms with van der Waals surface area (Å²) in [5.74, 6) is 1.43. The minimum atomic E-state index is -0.0954. The van der Waals surface area contributed by atoms with Crippen LogP contribution in [-0.4, -0.2) is 30.2 Å². The highest BCUT2D eigenvalue weighted by molar-refractivity contribution is 5.80. The van der Waals surface area contributed by atoms with Gasteiger partial charge in [0.1, 0.15) is 5.82 Å². The maximum absolute atomic E-state index is 13.0. The van der Waals surface area contributed by atoms with Crippen molar-refractivity contribution in [3.05, 3.63) is 87.6 Å². The topological polar surface area (TPSA) is 89.3 Å². The number of H-pyrrole nitrogens is 1. The smallest absolute Gasteiger partial charge is 0.276 e. The molecule has 5 rings (SSSR count). The molecule has 0 radical (unpaired) electrons. The molecule has 0 atom stereocenters. The Bertz CT molecular complexity index is 1370. The summed E-state index contributed by atoms with van der Waals surface area (Å²) < 4.78 is 2.20. The number of allylic oxidation sites excluding steroid dienone is 2. The van der Waals surface area contributed by atoms with E-state index in [2.05, 4.69) is 80.4 Å². The molecule has 1 aliphatic rings. The summed E-state index contributed by atoms with van der Waals surface area (Å²) >= 11 is 0. The minimum absolute atomic E-state index is 0.0954. The molecule has 0 amide bonds. The highest BCUT2D eigenvalue weighted by Gasteiger charge is 2.21. The first kappa shape index (κ1) is 21.0. The molecule has 166 valence electrons. The Kier molecular flexibility index (Phi) is 5.69. The molecular formula is C26H26N6O. The summed E-state index contributed by atoms with van der Waals surface area (Å²) in [5, 5.41) is 14.5. The zero-order chi connectivity index (χ0) is 22.8. The van der Waals surface area contributed by atoms with Crippen molar-refractivity contribution in [2.24, 2.45) is 0 Å². The van der Waals surface area contributed by atoms with Gasteiger partial charge in [-0.25, -0.2) is 0 Å². The molecule has 0 saturated carbocycles. The number of nitrogens with one attached hydrogen (secondary N) is 1. The number of unbranched alkanes of at least 4 members (excludes halogenated alkanes) is 1. The summed E-state index contributed by atoms with van der Waals surface area (Å²) in [5.41, 5.74) is 7.10. The SMILES string of the molecule is CCCCc1c(Cc2ccc(-c3ccccc3-c3nn[nH]n3)cc2)c(=O)nc2n1C(C)=CC2. The van der Waals surface area contributed by atoms with Gasteiger partial charge in [0.25, 0.3) is 5.56 Å². The third-order valence-electron chi connectivity index (χ3n) is 6.22. The second-order valence-electron chi connectivity index (χ2n) is 8.40. The Morgan fingerprint density at radius 3 is 2.58 bits per heavy atom. The van der Waals surface area contributed by atoms with Crippen molar-refractivity contribution < 1.29 is 0 Å². The molecule has 7 nitrogen and oxygen atoms in total. The van der Waals surface area contributed by atoms with Crippen molar-refractivity contribution in [2.75, 3.05) is 0 Å². The number of hydrogen-bond donors (Lipinski definition) is 1. The van der Waals surface area contributed by atoms with Crippen molar-refractivity contribution in [2.45, 2.75) is 46.0 Å². The van der Waals surface area contributed by atoms with Gasteiger partial charge in [-0.3, -0.25) is 4.79 Å². The summed E-state index contributed by atoms with van der Waals surface area (Å²) in [4.78, 5) is 17.4. The number of aromatic nitrogens is 6. The van der Waals surface area contributed by atoms with Crippen molar-refractivity contribution in [1.29, 1.82) is 0 Å². The summed E-state index contributed by atoms with van der Waals surface area (Å²) in [6.07, 6.45) is 6.48. The van der Waals surface area contributed by atoms with E-state index in [1.807, 2.05) is 18.2 Å². The van der Waals surface area contributed by atoms with E-state index in [4.69, 9.17) is 0 Å². The third kappa shape index (κ3) is 4.02. The molecule has 33 heavy (non-hydrogen) atoms. The maximum Gasteiger partial charge on any atom is 0.276 e. The van der Waals surface area contributed by atoms with E-state index in [0.29, 0.717) is 12.2 Å². The van der Waals surface area contributed by atoms with E-state index < -0.39 is 0 Å². The number of aromatic amines is 1. The van der Waals surface area contributed by atoms with Gasteiger partial charge in [0.15, 0.2) is 0 Å². The van der Waals surface area contributed by atoms with Gasteiger partial charge in [0, 0.05) is 35.4 Å². The second-order valence-corrected chi connectivity index (χ2v) is 8.40. The van der Waals surface area contributed by atoms with Gasteiger partial charge in [0.05, 0.1) is 0 Å². The minimum Gasteiger partial charge on any atom is -0.306 e. The first-order valence-electron chi connectivity index (χ1n) is 11.4. The molecule has 1 N–H and O–H groups in total. The fourth-order valence-electron chi connectivity index (χ4n) is 4.53. The molecule has 0 bridgehead atoms. The molecular weight excluding hydrogens is 412 g/mol. The largest absolute Gasteiger partial charge is 0.306 e. The lowest BCUT2D eigenvalue weighted by Gasteiger charge is -2.17. The monoisotopic (exact) mass is 438 g/mol. The van der Waals surface area contributed by atoms with Gasteiger partial charge >= 0.3 is 0 Å². The van der Waals surface area contributed by atoms with Gasteiger partial charge in [-0.05, 0) is 41.7 Å². The van der Waals surface area contributed by atoms with Gasteiger partial charge in [-0.1, -0.05) is 68.0 Å². The predicted molar refractivity (Wildman–Crippen MR) is 129 cm³/mol. The average molecular weight is 439 g/mol. The number of rotatable bonds is 7. The number of benzene rings is 2. The Labute approximate surface area is 192 Å². The van der Waals surface area contributed by atoms with Crippen LogP contribution in [0, 0.1) is 0 Å². The molecule has 2 aromatic carbocycles. The predicted octanol–water partition coefficient (Wildman–Crippen LogP) is 4.44. The highest BCUT2D eigenvalue weighted by Crippen LogP contribution is 2.30. The van der Waals surface area contributed by atoms with Crippen molar-refractivity contribution in [3.8, 4) is 22.5 Å². The van der Waals surface area contributed by atoms with Crippen LogP contribution in [0.1, 0.15) is 49.3 Å². The number of hydrogen-bond acceptors (Lipinski definition) is 5. The first-order valence-corrected chi connectivity index (χ1v) is 11.4. The fourth-order valence-corrected chi connectivity index (χ4v) is 4.53. The molecule has 7 heteroatoms. The lowest BCUT2D eigenvalue weighted by atomic mass is 9.96. The van der Waals surface area contributed by atoms with Crippen molar-refractivity contribution >= 4 is 5.70 Å². The standard InChI is InChI=1S/C26H26N6O/c1-3-4-9-23-22(26(33)27-24-15-10-17(2)32(23)24)16-18-11-13-19(14-12-18)20-7-5-6-8-21(20)25-28-30-31-29-25/h5-8,10-14H,3-4,9,15-16H2,1-2H3,(H,28,29,30,31). The maximum atomic E-state index is 13.0. The zero-order valence-electron chi connectivity index (χ0n) is 18.9. The van der Waals surface area contributed by atoms with Crippen LogP contribution in [0.25, 0.3) is 28.2 Å². The normalized spacial score (nSPS) is 12.6. The van der Waals surface area contributed by atoms with E-state index in [0.717, 1.165) is 65.0 Å². The molecule has 1 aliphatic heterocycles. The molecule has 0 fully saturated rings. The van der Waals surface area contributed by atoms with Gasteiger partial charge in [-0.2, -0.15) is 10.2 Å². The summed E-state index contributed by atoms with van der Waals surface area (Å²) in [6, 6.07) is 16.4. The van der Waals surface area contributed by atoms with Crippen LogP contribution in [-0.2, 0) is 19.3 Å². The first-order chi connectivity index (χ1) is 16.2. The third-order valence-corrected chi connectivity index (χ3v) is 6.22. The lowest BCUT2D eigenvalue weighted by molar-refractivity contribution is 0.720. The van der Waals surface area contributed by atoms with Crippen molar-refractivity contribution in [1.82, 2.24) is 30.2 Å². The van der Waals surface area contributed by atoms with E-state index in [9.17, 15) is 4.79 Å². The lowest BCUT2D eigenvalue weighted by Crippen LogP contribution is -2.24.